The van der Waals surface area contributed by atoms with Crippen LogP contribution < -0.4 is 0 Å². The van der Waals surface area contributed by atoms with Gasteiger partial charge in [-0.3, -0.25) is 4.79 Å². The highest BCUT2D eigenvalue weighted by Gasteiger charge is 2.08. The summed E-state index contributed by atoms with van der Waals surface area (Å²) in [6, 6.07) is 0. The number of nitrogens with zero attached hydrogens (tertiary/aromatic N) is 2. The largest absolute Gasteiger partial charge is 0.298 e. The fourth-order valence-electron chi connectivity index (χ4n) is 0.525. The Morgan fingerprint density at radius 3 is 3.00 bits per heavy atom. The number of hydrogen-bond acceptors (Lipinski definition) is 5. The van der Waals surface area contributed by atoms with Gasteiger partial charge >= 0.3 is 0 Å². The Morgan fingerprint density at radius 2 is 2.50 bits per heavy atom. The lowest BCUT2D eigenvalue weighted by molar-refractivity contribution is -0.119. The average Bonchev–Trinajstić information content (AvgIpc) is 2.51. The second kappa shape index (κ2) is 4.57. The zero-order valence-corrected chi connectivity index (χ0v) is 8.61. The second-order valence-corrected chi connectivity index (χ2v) is 4.67. The van der Waals surface area contributed by atoms with Gasteiger partial charge in [0.25, 0.3) is 0 Å². The maximum atomic E-state index is 11.2. The first-order valence-corrected chi connectivity index (χ1v) is 5.48. The lowest BCUT2D eigenvalue weighted by atomic mass is 10.1. The maximum Gasteiger partial charge on any atom is 0.174 e. The van der Waals surface area contributed by atoms with E-state index in [0.717, 1.165) is 4.34 Å². The van der Waals surface area contributed by atoms with Gasteiger partial charge in [-0.2, -0.15) is 0 Å². The standard InChI is InChI=1S/C7H10N2OS2/c1-5(2)6(10)3-11-7-9-8-4-12-7/h4-5H,3H2,1-2H3. The van der Waals surface area contributed by atoms with Crippen molar-refractivity contribution in [2.24, 2.45) is 5.92 Å². The Bertz CT molecular complexity index is 246. The summed E-state index contributed by atoms with van der Waals surface area (Å²) in [7, 11) is 0. The first-order valence-electron chi connectivity index (χ1n) is 3.62. The van der Waals surface area contributed by atoms with Gasteiger partial charge in [-0.1, -0.05) is 36.9 Å². The molecule has 0 bridgehead atoms. The smallest absolute Gasteiger partial charge is 0.174 e. The molecular formula is C7H10N2OS2. The van der Waals surface area contributed by atoms with Crippen molar-refractivity contribution in [2.75, 3.05) is 5.75 Å². The summed E-state index contributed by atoms with van der Waals surface area (Å²) in [5.74, 6) is 0.882. The zero-order chi connectivity index (χ0) is 8.97. The van der Waals surface area contributed by atoms with E-state index in [9.17, 15) is 4.79 Å². The summed E-state index contributed by atoms with van der Waals surface area (Å²) in [6.07, 6.45) is 0. The van der Waals surface area contributed by atoms with E-state index in [1.165, 1.54) is 23.1 Å². The molecule has 66 valence electrons. The molecule has 1 rings (SSSR count). The van der Waals surface area contributed by atoms with Crippen molar-refractivity contribution in [1.29, 1.82) is 0 Å². The molecule has 1 aromatic heterocycles. The SMILES string of the molecule is CC(C)C(=O)CSc1nncs1. The van der Waals surface area contributed by atoms with Gasteiger partial charge in [-0.05, 0) is 0 Å². The van der Waals surface area contributed by atoms with Crippen LogP contribution in [-0.4, -0.2) is 21.7 Å². The minimum absolute atomic E-state index is 0.116. The number of hydrogen-bond donors (Lipinski definition) is 0. The number of rotatable bonds is 4. The molecule has 0 unspecified atom stereocenters. The summed E-state index contributed by atoms with van der Waals surface area (Å²) >= 11 is 2.92. The molecule has 12 heavy (non-hydrogen) atoms. The molecule has 0 amide bonds. The predicted octanol–water partition coefficient (Wildman–Crippen LogP) is 1.86. The molecule has 0 atom stereocenters. The number of Topliss-reactive ketones (excluding diaryl/α,β-unsaturated/α-hetero) is 1. The highest BCUT2D eigenvalue weighted by atomic mass is 32.2. The van der Waals surface area contributed by atoms with Crippen LogP contribution in [0.15, 0.2) is 9.85 Å². The number of carbonyl (C=O) groups is 1. The van der Waals surface area contributed by atoms with Crippen LogP contribution in [0.1, 0.15) is 13.8 Å². The summed E-state index contributed by atoms with van der Waals surface area (Å²) in [4.78, 5) is 11.2. The first kappa shape index (κ1) is 9.67. The molecule has 0 saturated carbocycles. The van der Waals surface area contributed by atoms with Crippen LogP contribution in [0.25, 0.3) is 0 Å². The Labute approximate surface area is 79.6 Å². The van der Waals surface area contributed by atoms with Gasteiger partial charge in [-0.25, -0.2) is 0 Å². The molecule has 0 spiro atoms. The van der Waals surface area contributed by atoms with Gasteiger partial charge in [0.1, 0.15) is 11.3 Å². The first-order chi connectivity index (χ1) is 5.70. The topological polar surface area (TPSA) is 42.9 Å². The summed E-state index contributed by atoms with van der Waals surface area (Å²) in [5.41, 5.74) is 1.67. The van der Waals surface area contributed by atoms with Gasteiger partial charge in [0, 0.05) is 5.92 Å². The molecule has 1 heterocycles. The lowest BCUT2D eigenvalue weighted by Crippen LogP contribution is -2.09. The van der Waals surface area contributed by atoms with Gasteiger partial charge in [0.2, 0.25) is 0 Å². The Hall–Kier alpha value is -0.420. The Balaban J connectivity index is 2.32. The quantitative estimate of drug-likeness (QED) is 0.699. The molecule has 0 N–H and O–H groups in total. The van der Waals surface area contributed by atoms with Crippen LogP contribution in [0.4, 0.5) is 0 Å². The molecule has 0 aliphatic heterocycles. The normalized spacial score (nSPS) is 10.6. The Kier molecular flexibility index (Phi) is 3.68. The van der Waals surface area contributed by atoms with Gasteiger partial charge in [0.15, 0.2) is 4.34 Å². The van der Waals surface area contributed by atoms with Crippen molar-refractivity contribution in [3.8, 4) is 0 Å². The van der Waals surface area contributed by atoms with Crippen molar-refractivity contribution in [3.63, 3.8) is 0 Å². The third-order valence-electron chi connectivity index (χ3n) is 1.32. The maximum absolute atomic E-state index is 11.2. The van der Waals surface area contributed by atoms with E-state index >= 15 is 0 Å². The molecule has 0 aliphatic carbocycles. The lowest BCUT2D eigenvalue weighted by Gasteiger charge is -2.00. The zero-order valence-electron chi connectivity index (χ0n) is 6.98. The van der Waals surface area contributed by atoms with Crippen molar-refractivity contribution in [3.05, 3.63) is 5.51 Å². The fourth-order valence-corrected chi connectivity index (χ4v) is 2.09. The van der Waals surface area contributed by atoms with E-state index in [1.807, 2.05) is 13.8 Å². The molecular weight excluding hydrogens is 192 g/mol. The van der Waals surface area contributed by atoms with Gasteiger partial charge in [0.05, 0.1) is 5.75 Å². The number of carbonyl (C=O) groups excluding carboxylic acids is 1. The summed E-state index contributed by atoms with van der Waals surface area (Å²) in [6.45, 7) is 3.81. The fraction of sp³-hybridized carbons (Fsp3) is 0.571. The van der Waals surface area contributed by atoms with Crippen LogP contribution in [-0.2, 0) is 4.79 Å². The third-order valence-corrected chi connectivity index (χ3v) is 3.20. The average molecular weight is 202 g/mol. The molecule has 5 heteroatoms. The molecule has 0 saturated heterocycles. The van der Waals surface area contributed by atoms with Gasteiger partial charge in [-0.15, -0.1) is 10.2 Å². The van der Waals surface area contributed by atoms with E-state index in [-0.39, 0.29) is 11.7 Å². The van der Waals surface area contributed by atoms with Crippen LogP contribution in [0, 0.1) is 5.92 Å². The van der Waals surface area contributed by atoms with Crippen LogP contribution in [0.5, 0.6) is 0 Å². The molecule has 0 fully saturated rings. The van der Waals surface area contributed by atoms with Crippen molar-refractivity contribution in [1.82, 2.24) is 10.2 Å². The van der Waals surface area contributed by atoms with Crippen LogP contribution in [0.2, 0.25) is 0 Å². The monoisotopic (exact) mass is 202 g/mol. The predicted molar refractivity (Wildman–Crippen MR) is 50.5 cm³/mol. The highest BCUT2D eigenvalue weighted by molar-refractivity contribution is 8.01. The molecule has 0 aromatic carbocycles. The Morgan fingerprint density at radius 1 is 1.75 bits per heavy atom. The molecule has 0 radical (unpaired) electrons. The summed E-state index contributed by atoms with van der Waals surface area (Å²) in [5, 5.41) is 7.51. The van der Waals surface area contributed by atoms with E-state index in [0.29, 0.717) is 5.75 Å². The number of thioether (sulfide) groups is 1. The number of ketones is 1. The minimum Gasteiger partial charge on any atom is -0.298 e. The second-order valence-electron chi connectivity index (χ2n) is 2.61. The van der Waals surface area contributed by atoms with Crippen LogP contribution in [0.3, 0.4) is 0 Å². The van der Waals surface area contributed by atoms with Crippen LogP contribution >= 0.6 is 23.1 Å². The van der Waals surface area contributed by atoms with Crippen molar-refractivity contribution >= 4 is 28.9 Å². The van der Waals surface area contributed by atoms with E-state index in [4.69, 9.17) is 0 Å². The highest BCUT2D eigenvalue weighted by Crippen LogP contribution is 2.19. The summed E-state index contributed by atoms with van der Waals surface area (Å²) < 4.78 is 0.865. The third kappa shape index (κ3) is 2.91. The molecule has 3 nitrogen and oxygen atoms in total. The van der Waals surface area contributed by atoms with Gasteiger partial charge < -0.3 is 0 Å². The van der Waals surface area contributed by atoms with Crippen molar-refractivity contribution < 1.29 is 4.79 Å². The number of aromatic nitrogens is 2. The van der Waals surface area contributed by atoms with E-state index < -0.39 is 0 Å². The van der Waals surface area contributed by atoms with E-state index in [2.05, 4.69) is 10.2 Å². The molecule has 0 aliphatic rings. The van der Waals surface area contributed by atoms with Crippen molar-refractivity contribution in [2.45, 2.75) is 18.2 Å². The minimum atomic E-state index is 0.116. The van der Waals surface area contributed by atoms with E-state index in [1.54, 1.807) is 5.51 Å². The molecule has 1 aromatic rings.